The molecule has 2 aromatic carbocycles. The van der Waals surface area contributed by atoms with Crippen molar-refractivity contribution < 1.29 is 9.59 Å². The predicted molar refractivity (Wildman–Crippen MR) is 110 cm³/mol. The fourth-order valence-electron chi connectivity index (χ4n) is 2.65. The number of amides is 2. The average molecular weight is 375 g/mol. The molecule has 2 amide bonds. The van der Waals surface area contributed by atoms with Crippen molar-refractivity contribution in [2.24, 2.45) is 0 Å². The third-order valence-electron chi connectivity index (χ3n) is 4.00. The summed E-state index contributed by atoms with van der Waals surface area (Å²) < 4.78 is 0. The van der Waals surface area contributed by atoms with Gasteiger partial charge in [-0.1, -0.05) is 17.7 Å². The van der Waals surface area contributed by atoms with Crippen molar-refractivity contribution in [3.8, 4) is 0 Å². The normalized spacial score (nSPS) is 10.2. The minimum Gasteiger partial charge on any atom is -0.339 e. The molecule has 0 bridgehead atoms. The minimum absolute atomic E-state index is 0.151. The van der Waals surface area contributed by atoms with E-state index in [2.05, 4.69) is 32.2 Å². The Labute approximate surface area is 163 Å². The van der Waals surface area contributed by atoms with E-state index in [4.69, 9.17) is 0 Å². The van der Waals surface area contributed by atoms with Crippen LogP contribution in [0.3, 0.4) is 0 Å². The zero-order chi connectivity index (χ0) is 20.1. The van der Waals surface area contributed by atoms with Crippen LogP contribution in [-0.4, -0.2) is 22.0 Å². The van der Waals surface area contributed by atoms with E-state index in [1.165, 1.54) is 12.5 Å². The molecule has 1 heterocycles. The Morgan fingerprint density at radius 3 is 2.07 bits per heavy atom. The molecule has 7 heteroatoms. The number of hydrogen-bond donors (Lipinski definition) is 3. The minimum atomic E-state index is -0.363. The van der Waals surface area contributed by atoms with Crippen LogP contribution in [-0.2, 0) is 4.79 Å². The molecule has 0 aliphatic heterocycles. The number of carbonyl (C=O) groups excluding carboxylic acids is 2. The molecular weight excluding hydrogens is 354 g/mol. The number of benzene rings is 2. The maximum absolute atomic E-state index is 12.3. The number of rotatable bonds is 5. The highest BCUT2D eigenvalue weighted by atomic mass is 16.2. The summed E-state index contributed by atoms with van der Waals surface area (Å²) in [5, 5.41) is 16.7. The molecule has 1 aromatic heterocycles. The third kappa shape index (κ3) is 4.91. The van der Waals surface area contributed by atoms with Crippen molar-refractivity contribution in [1.29, 1.82) is 0 Å². The molecule has 3 rings (SSSR count). The first kappa shape index (κ1) is 19.0. The van der Waals surface area contributed by atoms with Gasteiger partial charge < -0.3 is 16.0 Å². The maximum Gasteiger partial charge on any atom is 0.276 e. The Kier molecular flexibility index (Phi) is 5.64. The van der Waals surface area contributed by atoms with Crippen LogP contribution in [0.15, 0.2) is 54.6 Å². The van der Waals surface area contributed by atoms with Crippen LogP contribution in [0.4, 0.5) is 22.9 Å². The molecule has 7 nitrogen and oxygen atoms in total. The van der Waals surface area contributed by atoms with Gasteiger partial charge in [0, 0.05) is 24.0 Å². The Hall–Kier alpha value is -3.74. The van der Waals surface area contributed by atoms with Crippen LogP contribution in [0.25, 0.3) is 0 Å². The van der Waals surface area contributed by atoms with Gasteiger partial charge >= 0.3 is 0 Å². The summed E-state index contributed by atoms with van der Waals surface area (Å²) in [6, 6.07) is 16.2. The fourth-order valence-corrected chi connectivity index (χ4v) is 2.65. The second kappa shape index (κ2) is 8.30. The smallest absolute Gasteiger partial charge is 0.276 e. The van der Waals surface area contributed by atoms with Crippen LogP contribution in [0.5, 0.6) is 0 Å². The lowest BCUT2D eigenvalue weighted by Crippen LogP contribution is -2.14. The van der Waals surface area contributed by atoms with Crippen molar-refractivity contribution in [2.75, 3.05) is 16.0 Å². The molecule has 0 spiro atoms. The lowest BCUT2D eigenvalue weighted by atomic mass is 10.1. The number of carbonyl (C=O) groups is 2. The first-order chi connectivity index (χ1) is 13.4. The van der Waals surface area contributed by atoms with Crippen molar-refractivity contribution in [3.05, 3.63) is 71.4 Å². The van der Waals surface area contributed by atoms with E-state index in [1.807, 2.05) is 26.0 Å². The molecule has 0 aliphatic carbocycles. The topological polar surface area (TPSA) is 96.0 Å². The summed E-state index contributed by atoms with van der Waals surface area (Å²) in [5.41, 5.74) is 4.69. The second-order valence-corrected chi connectivity index (χ2v) is 6.46. The molecule has 0 saturated carbocycles. The van der Waals surface area contributed by atoms with Gasteiger partial charge in [0.25, 0.3) is 5.91 Å². The molecule has 0 aliphatic rings. The average Bonchev–Trinajstić information content (AvgIpc) is 2.66. The van der Waals surface area contributed by atoms with Crippen molar-refractivity contribution >= 4 is 34.7 Å². The van der Waals surface area contributed by atoms with Crippen molar-refractivity contribution in [1.82, 2.24) is 10.2 Å². The molecular formula is C21H21N5O2. The van der Waals surface area contributed by atoms with E-state index < -0.39 is 0 Å². The van der Waals surface area contributed by atoms with Gasteiger partial charge in [0.05, 0.1) is 0 Å². The van der Waals surface area contributed by atoms with E-state index in [-0.39, 0.29) is 17.5 Å². The summed E-state index contributed by atoms with van der Waals surface area (Å²) in [6.45, 7) is 5.49. The lowest BCUT2D eigenvalue weighted by Gasteiger charge is -2.10. The lowest BCUT2D eigenvalue weighted by molar-refractivity contribution is -0.114. The van der Waals surface area contributed by atoms with E-state index >= 15 is 0 Å². The number of aromatic nitrogens is 2. The quantitative estimate of drug-likeness (QED) is 0.625. The molecule has 3 N–H and O–H groups in total. The second-order valence-electron chi connectivity index (χ2n) is 6.46. The van der Waals surface area contributed by atoms with E-state index in [0.717, 1.165) is 11.3 Å². The zero-order valence-corrected chi connectivity index (χ0v) is 15.9. The van der Waals surface area contributed by atoms with Crippen molar-refractivity contribution in [2.45, 2.75) is 20.8 Å². The molecule has 3 aromatic rings. The molecule has 0 fully saturated rings. The van der Waals surface area contributed by atoms with Gasteiger partial charge in [-0.3, -0.25) is 9.59 Å². The van der Waals surface area contributed by atoms with E-state index in [0.29, 0.717) is 17.2 Å². The number of hydrogen-bond acceptors (Lipinski definition) is 5. The predicted octanol–water partition coefficient (Wildman–Crippen LogP) is 4.05. The molecule has 0 saturated heterocycles. The number of nitrogens with one attached hydrogen (secondary N) is 3. The highest BCUT2D eigenvalue weighted by Gasteiger charge is 2.09. The SMILES string of the molecule is CC(=O)Nc1ccc(NC(=O)c2ccc(Nc3ccc(C)cc3C)nn2)cc1. The first-order valence-electron chi connectivity index (χ1n) is 8.78. The monoisotopic (exact) mass is 375 g/mol. The molecule has 0 atom stereocenters. The summed E-state index contributed by atoms with van der Waals surface area (Å²) in [6.07, 6.45) is 0. The van der Waals surface area contributed by atoms with E-state index in [9.17, 15) is 9.59 Å². The van der Waals surface area contributed by atoms with Crippen LogP contribution >= 0.6 is 0 Å². The van der Waals surface area contributed by atoms with Gasteiger partial charge in [0.15, 0.2) is 11.5 Å². The van der Waals surface area contributed by atoms with Gasteiger partial charge in [0.2, 0.25) is 5.91 Å². The zero-order valence-electron chi connectivity index (χ0n) is 15.9. The van der Waals surface area contributed by atoms with Crippen LogP contribution < -0.4 is 16.0 Å². The third-order valence-corrected chi connectivity index (χ3v) is 4.00. The highest BCUT2D eigenvalue weighted by molar-refractivity contribution is 6.03. The van der Waals surface area contributed by atoms with Crippen LogP contribution in [0.1, 0.15) is 28.5 Å². The summed E-state index contributed by atoms with van der Waals surface area (Å²) in [5.74, 6) is 0.0441. The number of anilines is 4. The van der Waals surface area contributed by atoms with Crippen LogP contribution in [0.2, 0.25) is 0 Å². The largest absolute Gasteiger partial charge is 0.339 e. The highest BCUT2D eigenvalue weighted by Crippen LogP contribution is 2.20. The first-order valence-corrected chi connectivity index (χ1v) is 8.78. The molecule has 28 heavy (non-hydrogen) atoms. The fraction of sp³-hybridized carbons (Fsp3) is 0.143. The number of nitrogens with zero attached hydrogens (tertiary/aromatic N) is 2. The molecule has 0 unspecified atom stereocenters. The summed E-state index contributed by atoms with van der Waals surface area (Å²) in [4.78, 5) is 23.4. The van der Waals surface area contributed by atoms with Gasteiger partial charge in [-0.2, -0.15) is 0 Å². The summed E-state index contributed by atoms with van der Waals surface area (Å²) in [7, 11) is 0. The molecule has 0 radical (unpaired) electrons. The molecule has 142 valence electrons. The van der Waals surface area contributed by atoms with Crippen molar-refractivity contribution in [3.63, 3.8) is 0 Å². The summed E-state index contributed by atoms with van der Waals surface area (Å²) >= 11 is 0. The Morgan fingerprint density at radius 1 is 0.821 bits per heavy atom. The Bertz CT molecular complexity index is 998. The Morgan fingerprint density at radius 2 is 1.50 bits per heavy atom. The number of aryl methyl sites for hydroxylation is 2. The van der Waals surface area contributed by atoms with Crippen LogP contribution in [0, 0.1) is 13.8 Å². The maximum atomic E-state index is 12.3. The standard InChI is InChI=1S/C21H21N5O2/c1-13-4-9-18(14(2)12-13)24-20-11-10-19(25-26-20)21(28)23-17-7-5-16(6-8-17)22-15(3)27/h4-12H,1-3H3,(H,22,27)(H,23,28)(H,24,26). The van der Waals surface area contributed by atoms with E-state index in [1.54, 1.807) is 36.4 Å². The van der Waals surface area contributed by atoms with Gasteiger partial charge in [-0.05, 0) is 61.9 Å². The van der Waals surface area contributed by atoms with Gasteiger partial charge in [-0.25, -0.2) is 0 Å². The Balaban J connectivity index is 1.64. The van der Waals surface area contributed by atoms with Gasteiger partial charge in [-0.15, -0.1) is 10.2 Å². The van der Waals surface area contributed by atoms with Gasteiger partial charge in [0.1, 0.15) is 0 Å².